The van der Waals surface area contributed by atoms with Crippen LogP contribution in [0.3, 0.4) is 0 Å². The van der Waals surface area contributed by atoms with E-state index in [1.807, 2.05) is 79.4 Å². The monoisotopic (exact) mass is 401 g/mol. The number of aromatic amines is 1. The summed E-state index contributed by atoms with van der Waals surface area (Å²) in [6.45, 7) is 6.96. The van der Waals surface area contributed by atoms with Gasteiger partial charge in [0.2, 0.25) is 0 Å². The molecule has 1 aromatic heterocycles. The molecular formula is C25H27N3O2. The lowest BCUT2D eigenvalue weighted by Gasteiger charge is -2.34. The number of H-pyrrole nitrogens is 1. The molecule has 1 fully saturated rings. The van der Waals surface area contributed by atoms with Crippen molar-refractivity contribution >= 4 is 11.7 Å². The molecule has 2 heterocycles. The molecule has 1 saturated heterocycles. The zero-order valence-electron chi connectivity index (χ0n) is 17.5. The first-order chi connectivity index (χ1) is 14.5. The first-order valence-electron chi connectivity index (χ1n) is 10.4. The summed E-state index contributed by atoms with van der Waals surface area (Å²) >= 11 is 0. The predicted molar refractivity (Wildman–Crippen MR) is 119 cm³/mol. The van der Waals surface area contributed by atoms with Gasteiger partial charge in [0, 0.05) is 48.7 Å². The van der Waals surface area contributed by atoms with Crippen LogP contribution in [0.2, 0.25) is 0 Å². The van der Waals surface area contributed by atoms with E-state index in [4.69, 9.17) is 0 Å². The maximum absolute atomic E-state index is 13.0. The van der Waals surface area contributed by atoms with Crippen LogP contribution in [0.15, 0.2) is 60.7 Å². The summed E-state index contributed by atoms with van der Waals surface area (Å²) in [7, 11) is 0. The minimum atomic E-state index is 0.0517. The van der Waals surface area contributed by atoms with E-state index in [0.717, 1.165) is 28.1 Å². The van der Waals surface area contributed by atoms with Crippen LogP contribution in [0.4, 0.5) is 0 Å². The average molecular weight is 402 g/mol. The second-order valence-electron chi connectivity index (χ2n) is 7.93. The van der Waals surface area contributed by atoms with Gasteiger partial charge in [0.05, 0.1) is 6.54 Å². The van der Waals surface area contributed by atoms with Gasteiger partial charge in [0.25, 0.3) is 5.91 Å². The Morgan fingerprint density at radius 2 is 1.57 bits per heavy atom. The normalized spacial score (nSPS) is 14.7. The number of carbonyl (C=O) groups excluding carboxylic acids is 2. The summed E-state index contributed by atoms with van der Waals surface area (Å²) < 4.78 is 0. The Balaban J connectivity index is 1.37. The molecule has 0 atom stereocenters. The third kappa shape index (κ3) is 4.36. The highest BCUT2D eigenvalue weighted by molar-refractivity contribution is 5.99. The van der Waals surface area contributed by atoms with E-state index in [-0.39, 0.29) is 11.7 Å². The van der Waals surface area contributed by atoms with Crippen molar-refractivity contribution in [3.05, 3.63) is 83.2 Å². The van der Waals surface area contributed by atoms with Crippen LogP contribution < -0.4 is 0 Å². The Morgan fingerprint density at radius 3 is 2.23 bits per heavy atom. The van der Waals surface area contributed by atoms with Gasteiger partial charge in [-0.2, -0.15) is 0 Å². The van der Waals surface area contributed by atoms with Crippen molar-refractivity contribution in [2.24, 2.45) is 0 Å². The summed E-state index contributed by atoms with van der Waals surface area (Å²) in [4.78, 5) is 32.8. The number of ketones is 1. The van der Waals surface area contributed by atoms with Gasteiger partial charge in [0.15, 0.2) is 5.78 Å². The van der Waals surface area contributed by atoms with Crippen LogP contribution in [0.1, 0.15) is 32.1 Å². The lowest BCUT2D eigenvalue weighted by molar-refractivity contribution is 0.0624. The fourth-order valence-electron chi connectivity index (χ4n) is 4.06. The Kier molecular flexibility index (Phi) is 5.81. The number of amides is 1. The molecule has 0 spiro atoms. The summed E-state index contributed by atoms with van der Waals surface area (Å²) in [5.74, 6) is 0.183. The largest absolute Gasteiger partial charge is 0.362 e. The molecule has 154 valence electrons. The number of rotatable bonds is 5. The quantitative estimate of drug-likeness (QED) is 0.659. The number of aromatic nitrogens is 1. The van der Waals surface area contributed by atoms with Crippen LogP contribution in [0.5, 0.6) is 0 Å². The molecule has 4 rings (SSSR count). The van der Waals surface area contributed by atoms with Gasteiger partial charge in [-0.1, -0.05) is 42.5 Å². The minimum absolute atomic E-state index is 0.0517. The summed E-state index contributed by atoms with van der Waals surface area (Å²) in [5, 5.41) is 0. The highest BCUT2D eigenvalue weighted by Crippen LogP contribution is 2.21. The van der Waals surface area contributed by atoms with Gasteiger partial charge in [-0.15, -0.1) is 0 Å². The van der Waals surface area contributed by atoms with E-state index in [1.165, 1.54) is 0 Å². The van der Waals surface area contributed by atoms with Gasteiger partial charge in [-0.3, -0.25) is 14.5 Å². The molecule has 1 aliphatic rings. The SMILES string of the molecule is Cc1cc(C(=O)CN2CCN(C(=O)c3cccc(-c4ccccc4)c3)CC2)c(C)[nH]1. The molecule has 1 N–H and O–H groups in total. The summed E-state index contributed by atoms with van der Waals surface area (Å²) in [5.41, 5.74) is 5.55. The van der Waals surface area contributed by atoms with Gasteiger partial charge < -0.3 is 9.88 Å². The van der Waals surface area contributed by atoms with E-state index in [9.17, 15) is 9.59 Å². The molecule has 0 aliphatic carbocycles. The standard InChI is InChI=1S/C25H27N3O2/c1-18-15-23(19(2)26-18)24(29)17-27-11-13-28(14-12-27)25(30)22-10-6-9-21(16-22)20-7-4-3-5-8-20/h3-10,15-16,26H,11-14,17H2,1-2H3. The van der Waals surface area contributed by atoms with Gasteiger partial charge in [-0.25, -0.2) is 0 Å². The number of hydrogen-bond donors (Lipinski definition) is 1. The molecule has 30 heavy (non-hydrogen) atoms. The molecule has 0 radical (unpaired) electrons. The fraction of sp³-hybridized carbons (Fsp3) is 0.280. The van der Waals surface area contributed by atoms with Crippen molar-refractivity contribution < 1.29 is 9.59 Å². The maximum atomic E-state index is 13.0. The number of piperazine rings is 1. The van der Waals surface area contributed by atoms with Crippen molar-refractivity contribution in [3.63, 3.8) is 0 Å². The molecule has 0 saturated carbocycles. The van der Waals surface area contributed by atoms with Gasteiger partial charge >= 0.3 is 0 Å². The molecule has 2 aromatic carbocycles. The third-order valence-electron chi connectivity index (χ3n) is 5.69. The van der Waals surface area contributed by atoms with Crippen LogP contribution >= 0.6 is 0 Å². The Morgan fingerprint density at radius 1 is 0.867 bits per heavy atom. The second-order valence-corrected chi connectivity index (χ2v) is 7.93. The van der Waals surface area contributed by atoms with Crippen LogP contribution in [0.25, 0.3) is 11.1 Å². The molecule has 1 amide bonds. The predicted octanol–water partition coefficient (Wildman–Crippen LogP) is 3.94. The fourth-order valence-corrected chi connectivity index (χ4v) is 4.06. The summed E-state index contributed by atoms with van der Waals surface area (Å²) in [6, 6.07) is 19.8. The Labute approximate surface area is 177 Å². The van der Waals surface area contributed by atoms with E-state index < -0.39 is 0 Å². The van der Waals surface area contributed by atoms with Crippen molar-refractivity contribution in [2.75, 3.05) is 32.7 Å². The molecule has 0 unspecified atom stereocenters. The molecule has 3 aromatic rings. The lowest BCUT2D eigenvalue weighted by Crippen LogP contribution is -2.49. The third-order valence-corrected chi connectivity index (χ3v) is 5.69. The number of hydrogen-bond acceptors (Lipinski definition) is 3. The van der Waals surface area contributed by atoms with E-state index >= 15 is 0 Å². The number of nitrogens with zero attached hydrogens (tertiary/aromatic N) is 2. The second kappa shape index (κ2) is 8.67. The maximum Gasteiger partial charge on any atom is 0.253 e. The van der Waals surface area contributed by atoms with Gasteiger partial charge in [-0.05, 0) is 43.2 Å². The van der Waals surface area contributed by atoms with Crippen molar-refractivity contribution in [1.29, 1.82) is 0 Å². The molecule has 0 bridgehead atoms. The number of aryl methyl sites for hydroxylation is 2. The topological polar surface area (TPSA) is 56.4 Å². The Hall–Kier alpha value is -3.18. The van der Waals surface area contributed by atoms with Crippen LogP contribution in [-0.4, -0.2) is 59.2 Å². The van der Waals surface area contributed by atoms with E-state index in [2.05, 4.69) is 9.88 Å². The number of benzene rings is 2. The first-order valence-corrected chi connectivity index (χ1v) is 10.4. The van der Waals surface area contributed by atoms with Crippen molar-refractivity contribution in [1.82, 2.24) is 14.8 Å². The number of nitrogens with one attached hydrogen (secondary N) is 1. The highest BCUT2D eigenvalue weighted by Gasteiger charge is 2.24. The first kappa shape index (κ1) is 20.1. The van der Waals surface area contributed by atoms with Crippen molar-refractivity contribution in [3.8, 4) is 11.1 Å². The number of Topliss-reactive ketones (excluding diaryl/α,β-unsaturated/α-hetero) is 1. The Bertz CT molecular complexity index is 1050. The zero-order chi connectivity index (χ0) is 21.1. The van der Waals surface area contributed by atoms with Gasteiger partial charge in [0.1, 0.15) is 0 Å². The van der Waals surface area contributed by atoms with Crippen LogP contribution in [0, 0.1) is 13.8 Å². The van der Waals surface area contributed by atoms with E-state index in [0.29, 0.717) is 38.3 Å². The van der Waals surface area contributed by atoms with Crippen molar-refractivity contribution in [2.45, 2.75) is 13.8 Å². The summed E-state index contributed by atoms with van der Waals surface area (Å²) in [6.07, 6.45) is 0. The van der Waals surface area contributed by atoms with E-state index in [1.54, 1.807) is 0 Å². The lowest BCUT2D eigenvalue weighted by atomic mass is 10.0. The minimum Gasteiger partial charge on any atom is -0.362 e. The highest BCUT2D eigenvalue weighted by atomic mass is 16.2. The van der Waals surface area contributed by atoms with Crippen LogP contribution in [-0.2, 0) is 0 Å². The molecular weight excluding hydrogens is 374 g/mol. The average Bonchev–Trinajstić information content (AvgIpc) is 3.12. The molecule has 5 nitrogen and oxygen atoms in total. The number of carbonyl (C=O) groups is 2. The molecule has 1 aliphatic heterocycles. The molecule has 5 heteroatoms. The smallest absolute Gasteiger partial charge is 0.253 e. The zero-order valence-corrected chi connectivity index (χ0v) is 17.5.